The Bertz CT molecular complexity index is 627. The van der Waals surface area contributed by atoms with Crippen LogP contribution < -0.4 is 5.73 Å². The van der Waals surface area contributed by atoms with Gasteiger partial charge in [-0.2, -0.15) is 4.31 Å². The van der Waals surface area contributed by atoms with Gasteiger partial charge in [-0.3, -0.25) is 9.59 Å². The van der Waals surface area contributed by atoms with Crippen LogP contribution in [0.2, 0.25) is 0 Å². The Hall–Kier alpha value is -1.45. The fraction of sp³-hybridized carbons (Fsp3) is 0.500. The molecule has 7 nitrogen and oxygen atoms in total. The average Bonchev–Trinajstić information content (AvgIpc) is 2.81. The van der Waals surface area contributed by atoms with Gasteiger partial charge < -0.3 is 10.6 Å². The van der Waals surface area contributed by atoms with Crippen LogP contribution in [0.5, 0.6) is 0 Å². The second kappa shape index (κ2) is 6.12. The quantitative estimate of drug-likeness (QED) is 0.812. The first-order valence-electron chi connectivity index (χ1n) is 6.36. The summed E-state index contributed by atoms with van der Waals surface area (Å²) in [6.45, 7) is 0.563. The summed E-state index contributed by atoms with van der Waals surface area (Å²) in [7, 11) is -3.43. The van der Waals surface area contributed by atoms with E-state index in [0.717, 1.165) is 6.26 Å². The number of hydrogen-bond donors (Lipinski definition) is 1. The minimum atomic E-state index is -3.43. The number of rotatable bonds is 3. The summed E-state index contributed by atoms with van der Waals surface area (Å²) in [5.74, 6) is -1.51. The third-order valence-electron chi connectivity index (χ3n) is 3.37. The van der Waals surface area contributed by atoms with Gasteiger partial charge in [-0.05, 0) is 11.4 Å². The van der Waals surface area contributed by atoms with Gasteiger partial charge in [0.15, 0.2) is 0 Å². The number of thiophene rings is 1. The van der Waals surface area contributed by atoms with Crippen LogP contribution in [0.3, 0.4) is 0 Å². The second-order valence-electron chi connectivity index (χ2n) is 4.95. The predicted octanol–water partition coefficient (Wildman–Crippen LogP) is -0.433. The fourth-order valence-electron chi connectivity index (χ4n) is 2.21. The van der Waals surface area contributed by atoms with E-state index in [4.69, 9.17) is 5.73 Å². The zero-order valence-corrected chi connectivity index (χ0v) is 13.2. The number of carbonyl (C=O) groups is 2. The Morgan fingerprint density at radius 3 is 2.57 bits per heavy atom. The molecule has 2 amide bonds. The highest BCUT2D eigenvalue weighted by Crippen LogP contribution is 2.17. The van der Waals surface area contributed by atoms with Crippen LogP contribution in [0.25, 0.3) is 0 Å². The van der Waals surface area contributed by atoms with Gasteiger partial charge in [-0.25, -0.2) is 8.42 Å². The lowest BCUT2D eigenvalue weighted by Gasteiger charge is -2.21. The number of sulfonamides is 1. The number of amides is 2. The lowest BCUT2D eigenvalue weighted by Crippen LogP contribution is -2.40. The van der Waals surface area contributed by atoms with Crippen LogP contribution >= 0.6 is 11.3 Å². The van der Waals surface area contributed by atoms with E-state index in [2.05, 4.69) is 0 Å². The summed E-state index contributed by atoms with van der Waals surface area (Å²) < 4.78 is 24.6. The van der Waals surface area contributed by atoms with Gasteiger partial charge in [0.1, 0.15) is 0 Å². The van der Waals surface area contributed by atoms with Crippen LogP contribution in [-0.2, 0) is 14.8 Å². The molecule has 0 aliphatic carbocycles. The molecule has 0 radical (unpaired) electrons. The maximum Gasteiger partial charge on any atom is 0.263 e. The van der Waals surface area contributed by atoms with Crippen molar-refractivity contribution < 1.29 is 18.0 Å². The Labute approximate surface area is 127 Å². The maximum atomic E-state index is 12.4. The van der Waals surface area contributed by atoms with Gasteiger partial charge in [-0.1, -0.05) is 6.07 Å². The Kier molecular flexibility index (Phi) is 4.64. The van der Waals surface area contributed by atoms with Crippen molar-refractivity contribution in [3.05, 3.63) is 22.4 Å². The molecule has 116 valence electrons. The molecule has 1 saturated heterocycles. The topological polar surface area (TPSA) is 101 Å². The molecule has 21 heavy (non-hydrogen) atoms. The summed E-state index contributed by atoms with van der Waals surface area (Å²) in [5.41, 5.74) is 5.33. The van der Waals surface area contributed by atoms with E-state index in [0.29, 0.717) is 4.88 Å². The van der Waals surface area contributed by atoms with Gasteiger partial charge in [0, 0.05) is 26.2 Å². The predicted molar refractivity (Wildman–Crippen MR) is 79.3 cm³/mol. The second-order valence-corrected chi connectivity index (χ2v) is 7.88. The van der Waals surface area contributed by atoms with E-state index in [1.807, 2.05) is 0 Å². The SMILES string of the molecule is CS(=O)(=O)N1CCN(C(=O)c2cccs2)CC(C(N)=O)C1. The molecule has 1 aromatic rings. The molecule has 0 aromatic carbocycles. The third kappa shape index (κ3) is 3.80. The largest absolute Gasteiger partial charge is 0.369 e. The van der Waals surface area contributed by atoms with Crippen molar-refractivity contribution in [3.63, 3.8) is 0 Å². The first kappa shape index (κ1) is 15.9. The minimum Gasteiger partial charge on any atom is -0.369 e. The standard InChI is InChI=1S/C12H17N3O4S2/c1-21(18,19)15-5-4-14(7-9(8-15)11(13)16)12(17)10-3-2-6-20-10/h2-3,6,9H,4-5,7-8H2,1H3,(H2,13,16). The maximum absolute atomic E-state index is 12.4. The summed E-state index contributed by atoms with van der Waals surface area (Å²) in [6, 6.07) is 3.47. The van der Waals surface area contributed by atoms with Gasteiger partial charge in [0.2, 0.25) is 15.9 Å². The van der Waals surface area contributed by atoms with Crippen LogP contribution in [-0.4, -0.2) is 61.9 Å². The smallest absolute Gasteiger partial charge is 0.263 e. The minimum absolute atomic E-state index is 0.0163. The van der Waals surface area contributed by atoms with Gasteiger partial charge in [0.05, 0.1) is 17.1 Å². The van der Waals surface area contributed by atoms with Gasteiger partial charge in [-0.15, -0.1) is 11.3 Å². The molecule has 1 aromatic heterocycles. The molecular weight excluding hydrogens is 314 g/mol. The molecule has 1 aliphatic rings. The highest BCUT2D eigenvalue weighted by atomic mass is 32.2. The molecule has 1 aliphatic heterocycles. The molecule has 1 fully saturated rings. The summed E-state index contributed by atoms with van der Waals surface area (Å²) in [6.07, 6.45) is 1.09. The lowest BCUT2D eigenvalue weighted by atomic mass is 10.1. The molecule has 0 saturated carbocycles. The summed E-state index contributed by atoms with van der Waals surface area (Å²) >= 11 is 1.31. The van der Waals surface area contributed by atoms with Crippen LogP contribution in [0.1, 0.15) is 9.67 Å². The molecule has 2 heterocycles. The van der Waals surface area contributed by atoms with E-state index in [9.17, 15) is 18.0 Å². The number of nitrogens with zero attached hydrogens (tertiary/aromatic N) is 2. The number of hydrogen-bond acceptors (Lipinski definition) is 5. The van der Waals surface area contributed by atoms with Crippen LogP contribution in [0, 0.1) is 5.92 Å². The van der Waals surface area contributed by atoms with Crippen molar-refractivity contribution in [3.8, 4) is 0 Å². The molecule has 0 bridgehead atoms. The van der Waals surface area contributed by atoms with E-state index < -0.39 is 21.8 Å². The van der Waals surface area contributed by atoms with Crippen molar-refractivity contribution in [1.29, 1.82) is 0 Å². The molecule has 2 N–H and O–H groups in total. The van der Waals surface area contributed by atoms with E-state index in [1.165, 1.54) is 20.5 Å². The summed E-state index contributed by atoms with van der Waals surface area (Å²) in [4.78, 5) is 25.9. The molecule has 0 spiro atoms. The number of nitrogens with two attached hydrogens (primary N) is 1. The van der Waals surface area contributed by atoms with Crippen molar-refractivity contribution in [2.75, 3.05) is 32.4 Å². The molecule has 1 unspecified atom stereocenters. The first-order chi connectivity index (χ1) is 9.79. The number of primary amides is 1. The monoisotopic (exact) mass is 331 g/mol. The van der Waals surface area contributed by atoms with Crippen LogP contribution in [0.4, 0.5) is 0 Å². The normalized spacial score (nSPS) is 21.0. The van der Waals surface area contributed by atoms with Crippen LogP contribution in [0.15, 0.2) is 17.5 Å². The van der Waals surface area contributed by atoms with Crippen molar-refractivity contribution in [1.82, 2.24) is 9.21 Å². The summed E-state index contributed by atoms with van der Waals surface area (Å²) in [5, 5.41) is 1.79. The van der Waals surface area contributed by atoms with E-state index in [-0.39, 0.29) is 32.1 Å². The zero-order chi connectivity index (χ0) is 15.6. The van der Waals surface area contributed by atoms with Crippen molar-refractivity contribution >= 4 is 33.2 Å². The van der Waals surface area contributed by atoms with E-state index >= 15 is 0 Å². The Balaban J connectivity index is 2.22. The molecule has 1 atom stereocenters. The average molecular weight is 331 g/mol. The highest BCUT2D eigenvalue weighted by molar-refractivity contribution is 7.88. The molecular formula is C12H17N3O4S2. The zero-order valence-electron chi connectivity index (χ0n) is 11.6. The fourth-order valence-corrected chi connectivity index (χ4v) is 3.76. The Morgan fingerprint density at radius 1 is 1.33 bits per heavy atom. The van der Waals surface area contributed by atoms with E-state index in [1.54, 1.807) is 17.5 Å². The number of carbonyl (C=O) groups excluding carboxylic acids is 2. The van der Waals surface area contributed by atoms with Crippen molar-refractivity contribution in [2.45, 2.75) is 0 Å². The highest BCUT2D eigenvalue weighted by Gasteiger charge is 2.32. The third-order valence-corrected chi connectivity index (χ3v) is 5.50. The molecule has 9 heteroatoms. The molecule has 2 rings (SSSR count). The van der Waals surface area contributed by atoms with Gasteiger partial charge >= 0.3 is 0 Å². The van der Waals surface area contributed by atoms with Crippen molar-refractivity contribution in [2.24, 2.45) is 11.7 Å². The first-order valence-corrected chi connectivity index (χ1v) is 9.09. The lowest BCUT2D eigenvalue weighted by molar-refractivity contribution is -0.122. The van der Waals surface area contributed by atoms with Gasteiger partial charge in [0.25, 0.3) is 5.91 Å². The Morgan fingerprint density at radius 2 is 2.05 bits per heavy atom.